The molecule has 1 amide bonds. The Labute approximate surface area is 180 Å². The number of anilines is 1. The zero-order valence-electron chi connectivity index (χ0n) is 16.6. The van der Waals surface area contributed by atoms with E-state index in [0.717, 1.165) is 16.7 Å². The van der Waals surface area contributed by atoms with Gasteiger partial charge < -0.3 is 5.11 Å². The summed E-state index contributed by atoms with van der Waals surface area (Å²) in [6.45, 7) is 3.87. The molecule has 3 aromatic carbocycles. The van der Waals surface area contributed by atoms with Crippen molar-refractivity contribution in [1.82, 2.24) is 0 Å². The number of rotatable bonds is 3. The number of aryl methyl sites for hydroxylation is 2. The number of carbonyl (C=O) groups is 2. The fourth-order valence-corrected chi connectivity index (χ4v) is 3.92. The second-order valence-electron chi connectivity index (χ2n) is 7.43. The van der Waals surface area contributed by atoms with E-state index in [4.69, 9.17) is 11.6 Å². The number of hydrogen-bond donors (Lipinski definition) is 1. The Morgan fingerprint density at radius 1 is 0.900 bits per heavy atom. The van der Waals surface area contributed by atoms with E-state index < -0.39 is 17.7 Å². The van der Waals surface area contributed by atoms with E-state index in [9.17, 15) is 14.7 Å². The number of nitrogens with zero attached hydrogens (tertiary/aromatic N) is 1. The molecule has 0 saturated carbocycles. The first-order valence-corrected chi connectivity index (χ1v) is 9.95. The van der Waals surface area contributed by atoms with E-state index in [-0.39, 0.29) is 11.3 Å². The average Bonchev–Trinajstić information content (AvgIpc) is 2.99. The van der Waals surface area contributed by atoms with Crippen LogP contribution in [-0.4, -0.2) is 16.8 Å². The molecule has 0 bridgehead atoms. The van der Waals surface area contributed by atoms with Crippen molar-refractivity contribution >= 4 is 34.7 Å². The Bertz CT molecular complexity index is 1180. The number of Topliss-reactive ketones (excluding diaryl/α,β-unsaturated/α-hetero) is 1. The monoisotopic (exact) mass is 417 g/mol. The fourth-order valence-electron chi connectivity index (χ4n) is 3.80. The largest absolute Gasteiger partial charge is 0.507 e. The molecule has 1 N–H and O–H groups in total. The van der Waals surface area contributed by atoms with Gasteiger partial charge in [0.1, 0.15) is 5.76 Å². The highest BCUT2D eigenvalue weighted by Gasteiger charge is 2.46. The molecule has 5 heteroatoms. The molecular weight excluding hydrogens is 398 g/mol. The Hall–Kier alpha value is -3.37. The molecule has 1 aliphatic rings. The lowest BCUT2D eigenvalue weighted by atomic mass is 9.94. The van der Waals surface area contributed by atoms with Crippen LogP contribution < -0.4 is 4.90 Å². The van der Waals surface area contributed by atoms with Gasteiger partial charge in [0.05, 0.1) is 11.6 Å². The summed E-state index contributed by atoms with van der Waals surface area (Å²) in [5.41, 5.74) is 3.82. The lowest BCUT2D eigenvalue weighted by Crippen LogP contribution is -2.29. The number of halogens is 1. The van der Waals surface area contributed by atoms with Crippen LogP contribution in [0.2, 0.25) is 5.02 Å². The molecule has 1 atom stereocenters. The van der Waals surface area contributed by atoms with Crippen LogP contribution in [0.15, 0.2) is 78.4 Å². The molecule has 4 nitrogen and oxygen atoms in total. The minimum Gasteiger partial charge on any atom is -0.507 e. The second-order valence-corrected chi connectivity index (χ2v) is 7.87. The maximum atomic E-state index is 13.1. The third-order valence-corrected chi connectivity index (χ3v) is 5.45. The SMILES string of the molecule is Cc1cccc(C2/C(=C(\O)c3ccc(Cl)cc3)C(=O)C(=O)N2c2cccc(C)c2)c1. The predicted octanol–water partition coefficient (Wildman–Crippen LogP) is 5.58. The van der Waals surface area contributed by atoms with Gasteiger partial charge in [-0.25, -0.2) is 0 Å². The smallest absolute Gasteiger partial charge is 0.300 e. The van der Waals surface area contributed by atoms with Gasteiger partial charge in [0.25, 0.3) is 11.7 Å². The van der Waals surface area contributed by atoms with Crippen molar-refractivity contribution in [1.29, 1.82) is 0 Å². The highest BCUT2D eigenvalue weighted by atomic mass is 35.5. The van der Waals surface area contributed by atoms with Gasteiger partial charge in [-0.15, -0.1) is 0 Å². The van der Waals surface area contributed by atoms with Crippen LogP contribution in [0.5, 0.6) is 0 Å². The van der Waals surface area contributed by atoms with Gasteiger partial charge in [-0.05, 0) is 61.4 Å². The van der Waals surface area contributed by atoms with Crippen LogP contribution in [-0.2, 0) is 9.59 Å². The van der Waals surface area contributed by atoms with Crippen LogP contribution >= 0.6 is 11.6 Å². The molecular formula is C25H20ClNO3. The van der Waals surface area contributed by atoms with Crippen LogP contribution in [0.3, 0.4) is 0 Å². The lowest BCUT2D eigenvalue weighted by molar-refractivity contribution is -0.132. The zero-order valence-corrected chi connectivity index (χ0v) is 17.4. The topological polar surface area (TPSA) is 57.6 Å². The first-order valence-electron chi connectivity index (χ1n) is 9.57. The Morgan fingerprint density at radius 3 is 2.17 bits per heavy atom. The fraction of sp³-hybridized carbons (Fsp3) is 0.120. The highest BCUT2D eigenvalue weighted by molar-refractivity contribution is 6.51. The molecule has 0 spiro atoms. The summed E-state index contributed by atoms with van der Waals surface area (Å²) >= 11 is 5.96. The summed E-state index contributed by atoms with van der Waals surface area (Å²) < 4.78 is 0. The molecule has 1 saturated heterocycles. The van der Waals surface area contributed by atoms with E-state index in [0.29, 0.717) is 16.3 Å². The number of hydrogen-bond acceptors (Lipinski definition) is 3. The number of aliphatic hydroxyl groups excluding tert-OH is 1. The molecule has 4 rings (SSSR count). The van der Waals surface area contributed by atoms with E-state index in [1.165, 1.54) is 4.90 Å². The lowest BCUT2D eigenvalue weighted by Gasteiger charge is -2.26. The molecule has 0 aliphatic carbocycles. The van der Waals surface area contributed by atoms with Gasteiger partial charge in [-0.3, -0.25) is 14.5 Å². The van der Waals surface area contributed by atoms with Gasteiger partial charge in [-0.1, -0.05) is 53.6 Å². The summed E-state index contributed by atoms with van der Waals surface area (Å²) in [6, 6.07) is 20.8. The molecule has 3 aromatic rings. The third-order valence-electron chi connectivity index (χ3n) is 5.20. The second kappa shape index (κ2) is 7.81. The van der Waals surface area contributed by atoms with Crippen molar-refractivity contribution in [2.45, 2.75) is 19.9 Å². The van der Waals surface area contributed by atoms with Gasteiger partial charge in [0.15, 0.2) is 0 Å². The average molecular weight is 418 g/mol. The van der Waals surface area contributed by atoms with Crippen molar-refractivity contribution in [2.24, 2.45) is 0 Å². The van der Waals surface area contributed by atoms with Crippen molar-refractivity contribution in [3.8, 4) is 0 Å². The highest BCUT2D eigenvalue weighted by Crippen LogP contribution is 2.42. The standard InChI is InChI=1S/C25H20ClNO3/c1-15-5-3-7-18(13-15)22-21(23(28)17-9-11-19(26)12-10-17)24(29)25(30)27(22)20-8-4-6-16(2)14-20/h3-14,22,28H,1-2H3/b23-21+. The zero-order chi connectivity index (χ0) is 21.4. The Kier molecular flexibility index (Phi) is 5.18. The molecule has 1 unspecified atom stereocenters. The normalized spacial score (nSPS) is 18.1. The van der Waals surface area contributed by atoms with Crippen LogP contribution in [0.1, 0.15) is 28.3 Å². The van der Waals surface area contributed by atoms with E-state index in [2.05, 4.69) is 0 Å². The van der Waals surface area contributed by atoms with Crippen molar-refractivity contribution in [3.63, 3.8) is 0 Å². The maximum absolute atomic E-state index is 13.1. The van der Waals surface area contributed by atoms with E-state index in [1.54, 1.807) is 30.3 Å². The molecule has 30 heavy (non-hydrogen) atoms. The van der Waals surface area contributed by atoms with Crippen LogP contribution in [0.25, 0.3) is 5.76 Å². The molecule has 150 valence electrons. The van der Waals surface area contributed by atoms with E-state index >= 15 is 0 Å². The number of aliphatic hydroxyl groups is 1. The number of amides is 1. The number of ketones is 1. The van der Waals surface area contributed by atoms with Gasteiger partial charge in [0, 0.05) is 16.3 Å². The van der Waals surface area contributed by atoms with Crippen molar-refractivity contribution in [2.75, 3.05) is 4.90 Å². The molecule has 1 aliphatic heterocycles. The van der Waals surface area contributed by atoms with E-state index in [1.807, 2.05) is 56.3 Å². The van der Waals surface area contributed by atoms with Crippen LogP contribution in [0, 0.1) is 13.8 Å². The van der Waals surface area contributed by atoms with Gasteiger partial charge >= 0.3 is 0 Å². The number of carbonyl (C=O) groups excluding carboxylic acids is 2. The summed E-state index contributed by atoms with van der Waals surface area (Å²) in [6.07, 6.45) is 0. The summed E-state index contributed by atoms with van der Waals surface area (Å²) in [5.74, 6) is -1.59. The first-order chi connectivity index (χ1) is 14.4. The number of benzene rings is 3. The van der Waals surface area contributed by atoms with Crippen LogP contribution in [0.4, 0.5) is 5.69 Å². The summed E-state index contributed by atoms with van der Waals surface area (Å²) in [7, 11) is 0. The van der Waals surface area contributed by atoms with Gasteiger partial charge in [-0.2, -0.15) is 0 Å². The molecule has 1 fully saturated rings. The minimum absolute atomic E-state index is 0.0643. The first kappa shape index (κ1) is 19.9. The Balaban J connectivity index is 1.96. The molecule has 0 radical (unpaired) electrons. The summed E-state index contributed by atoms with van der Waals surface area (Å²) in [4.78, 5) is 27.6. The van der Waals surface area contributed by atoms with Crippen molar-refractivity contribution in [3.05, 3.63) is 106 Å². The van der Waals surface area contributed by atoms with Gasteiger partial charge in [0.2, 0.25) is 0 Å². The molecule has 0 aromatic heterocycles. The maximum Gasteiger partial charge on any atom is 0.300 e. The van der Waals surface area contributed by atoms with Crippen molar-refractivity contribution < 1.29 is 14.7 Å². The quantitative estimate of drug-likeness (QED) is 0.343. The predicted molar refractivity (Wildman–Crippen MR) is 119 cm³/mol. The Morgan fingerprint density at radius 2 is 1.53 bits per heavy atom. The minimum atomic E-state index is -0.734. The summed E-state index contributed by atoms with van der Waals surface area (Å²) in [5, 5.41) is 11.6. The third kappa shape index (κ3) is 3.51. The molecule has 1 heterocycles.